The number of pyridine rings is 1. The molecule has 0 bridgehead atoms. The molecule has 1 amide bonds. The summed E-state index contributed by atoms with van der Waals surface area (Å²) in [5.41, 5.74) is 2.67. The maximum absolute atomic E-state index is 12.8. The lowest BCUT2D eigenvalue weighted by molar-refractivity contribution is -0.140. The molecule has 30 heavy (non-hydrogen) atoms. The molecule has 0 N–H and O–H groups in total. The first-order valence-corrected chi connectivity index (χ1v) is 9.92. The highest BCUT2D eigenvalue weighted by Gasteiger charge is 2.27. The summed E-state index contributed by atoms with van der Waals surface area (Å²) < 4.78 is 12.8. The maximum atomic E-state index is 12.8. The van der Waals surface area contributed by atoms with Gasteiger partial charge in [-0.25, -0.2) is 14.6 Å². The Morgan fingerprint density at radius 3 is 2.67 bits per heavy atom. The lowest BCUT2D eigenvalue weighted by Crippen LogP contribution is -2.44. The second kappa shape index (κ2) is 8.62. The van der Waals surface area contributed by atoms with Crippen molar-refractivity contribution in [3.63, 3.8) is 0 Å². The second-order valence-electron chi connectivity index (χ2n) is 7.24. The number of morpholine rings is 1. The number of nitrogens with zero attached hydrogens (tertiary/aromatic N) is 5. The Hall–Kier alpha value is -3.26. The smallest absolute Gasteiger partial charge is 0.244 e. The molecule has 0 aliphatic carbocycles. The van der Waals surface area contributed by atoms with Gasteiger partial charge >= 0.3 is 0 Å². The molecule has 1 fully saturated rings. The zero-order valence-corrected chi connectivity index (χ0v) is 17.4. The minimum atomic E-state index is -0.264. The molecule has 4 rings (SSSR count). The number of amides is 1. The Balaban J connectivity index is 1.47. The van der Waals surface area contributed by atoms with Crippen LogP contribution in [0.25, 0.3) is 11.3 Å². The van der Waals surface area contributed by atoms with Crippen LogP contribution in [0.15, 0.2) is 42.5 Å². The number of carbonyl (C=O) groups excluding carboxylic acids is 1. The fourth-order valence-corrected chi connectivity index (χ4v) is 3.55. The molecule has 0 saturated carbocycles. The van der Waals surface area contributed by atoms with Gasteiger partial charge in [0.2, 0.25) is 5.91 Å². The largest absolute Gasteiger partial charge is 0.497 e. The first-order chi connectivity index (χ1) is 14.5. The van der Waals surface area contributed by atoms with Crippen molar-refractivity contribution in [2.45, 2.75) is 26.5 Å². The normalized spacial score (nSPS) is 16.5. The van der Waals surface area contributed by atoms with Crippen LogP contribution < -0.4 is 4.74 Å². The molecular weight excluding hydrogens is 382 g/mol. The van der Waals surface area contributed by atoms with Crippen molar-refractivity contribution < 1.29 is 14.3 Å². The highest BCUT2D eigenvalue weighted by Crippen LogP contribution is 2.25. The summed E-state index contributed by atoms with van der Waals surface area (Å²) >= 11 is 0. The van der Waals surface area contributed by atoms with Crippen LogP contribution in [0.4, 0.5) is 0 Å². The minimum absolute atomic E-state index is 0.00242. The molecule has 0 spiro atoms. The van der Waals surface area contributed by atoms with Crippen molar-refractivity contribution >= 4 is 5.91 Å². The average molecular weight is 407 g/mol. The number of carbonyl (C=O) groups is 1. The van der Waals surface area contributed by atoms with Gasteiger partial charge in [-0.2, -0.15) is 5.10 Å². The Morgan fingerprint density at radius 1 is 1.17 bits per heavy atom. The minimum Gasteiger partial charge on any atom is -0.497 e. The number of rotatable bonds is 5. The molecular formula is C22H25N5O3. The Labute approximate surface area is 175 Å². The van der Waals surface area contributed by atoms with Gasteiger partial charge in [0.25, 0.3) is 0 Å². The molecule has 8 nitrogen and oxygen atoms in total. The monoisotopic (exact) mass is 407 g/mol. The van der Waals surface area contributed by atoms with E-state index in [2.05, 4.69) is 10.1 Å². The van der Waals surface area contributed by atoms with E-state index in [0.29, 0.717) is 25.5 Å². The van der Waals surface area contributed by atoms with E-state index in [9.17, 15) is 4.79 Å². The molecule has 1 aliphatic heterocycles. The summed E-state index contributed by atoms with van der Waals surface area (Å²) in [6.45, 7) is 5.34. The second-order valence-corrected chi connectivity index (χ2v) is 7.24. The first kappa shape index (κ1) is 20.0. The third kappa shape index (κ3) is 4.33. The highest BCUT2D eigenvalue weighted by atomic mass is 16.5. The van der Waals surface area contributed by atoms with Crippen molar-refractivity contribution in [1.29, 1.82) is 0 Å². The topological polar surface area (TPSA) is 82.4 Å². The molecule has 0 radical (unpaired) electrons. The van der Waals surface area contributed by atoms with Gasteiger partial charge in [-0.1, -0.05) is 6.07 Å². The third-order valence-electron chi connectivity index (χ3n) is 5.15. The zero-order valence-electron chi connectivity index (χ0n) is 17.4. The van der Waals surface area contributed by atoms with Crippen LogP contribution in [-0.4, -0.2) is 57.4 Å². The number of hydrogen-bond donors (Lipinski definition) is 0. The number of benzene rings is 1. The van der Waals surface area contributed by atoms with E-state index in [0.717, 1.165) is 28.5 Å². The van der Waals surface area contributed by atoms with Crippen molar-refractivity contribution in [3.8, 4) is 17.0 Å². The SMILES string of the molecule is COc1ccc(-c2cccc([C@@H]3CN(C(=O)Cn4nc(C)nc4C)CCO3)n2)cc1. The Morgan fingerprint density at radius 2 is 1.97 bits per heavy atom. The quantitative estimate of drug-likeness (QED) is 0.647. The maximum Gasteiger partial charge on any atom is 0.244 e. The van der Waals surface area contributed by atoms with Crippen molar-refractivity contribution in [2.75, 3.05) is 26.8 Å². The van der Waals surface area contributed by atoms with Crippen LogP contribution in [0.1, 0.15) is 23.4 Å². The summed E-state index contributed by atoms with van der Waals surface area (Å²) in [5.74, 6) is 2.21. The zero-order chi connectivity index (χ0) is 21.1. The molecule has 2 aromatic heterocycles. The molecule has 156 valence electrons. The van der Waals surface area contributed by atoms with Gasteiger partial charge in [-0.05, 0) is 50.2 Å². The molecule has 1 aromatic carbocycles. The molecule has 1 aliphatic rings. The van der Waals surface area contributed by atoms with E-state index in [-0.39, 0.29) is 18.6 Å². The summed E-state index contributed by atoms with van der Waals surface area (Å²) in [6, 6.07) is 13.6. The van der Waals surface area contributed by atoms with Crippen molar-refractivity contribution in [1.82, 2.24) is 24.6 Å². The lowest BCUT2D eigenvalue weighted by atomic mass is 10.1. The van der Waals surface area contributed by atoms with Gasteiger partial charge in [-0.3, -0.25) is 4.79 Å². The highest BCUT2D eigenvalue weighted by molar-refractivity contribution is 5.76. The fourth-order valence-electron chi connectivity index (χ4n) is 3.55. The van der Waals surface area contributed by atoms with Crippen LogP contribution in [-0.2, 0) is 16.1 Å². The predicted molar refractivity (Wildman–Crippen MR) is 111 cm³/mol. The average Bonchev–Trinajstić information content (AvgIpc) is 3.10. The van der Waals surface area contributed by atoms with Crippen LogP contribution in [0, 0.1) is 13.8 Å². The molecule has 0 unspecified atom stereocenters. The summed E-state index contributed by atoms with van der Waals surface area (Å²) in [7, 11) is 1.65. The van der Waals surface area contributed by atoms with E-state index >= 15 is 0 Å². The standard InChI is InChI=1S/C22H25N5O3/c1-15-23-16(2)27(25-15)14-22(28)26-11-12-30-21(13-26)20-6-4-5-19(24-20)17-7-9-18(29-3)10-8-17/h4-10,21H,11-14H2,1-3H3/t21-/m0/s1. The van der Waals surface area contributed by atoms with Gasteiger partial charge in [0, 0.05) is 12.1 Å². The number of methoxy groups -OCH3 is 1. The van der Waals surface area contributed by atoms with Gasteiger partial charge in [-0.15, -0.1) is 0 Å². The van der Waals surface area contributed by atoms with Crippen molar-refractivity contribution in [3.05, 3.63) is 59.8 Å². The van der Waals surface area contributed by atoms with Crippen LogP contribution in [0.5, 0.6) is 5.75 Å². The summed E-state index contributed by atoms with van der Waals surface area (Å²) in [6.07, 6.45) is -0.264. The Bertz CT molecular complexity index is 1030. The number of aryl methyl sites for hydroxylation is 2. The molecule has 3 aromatic rings. The van der Waals surface area contributed by atoms with Crippen molar-refractivity contribution in [2.24, 2.45) is 0 Å². The number of ether oxygens (including phenoxy) is 2. The van der Waals surface area contributed by atoms with E-state index in [1.807, 2.05) is 61.2 Å². The fraction of sp³-hybridized carbons (Fsp3) is 0.364. The van der Waals surface area contributed by atoms with Crippen LogP contribution >= 0.6 is 0 Å². The molecule has 1 saturated heterocycles. The predicted octanol–water partition coefficient (Wildman–Crippen LogP) is 2.57. The van der Waals surface area contributed by atoms with Gasteiger partial charge in [0.05, 0.1) is 31.6 Å². The third-order valence-corrected chi connectivity index (χ3v) is 5.15. The first-order valence-electron chi connectivity index (χ1n) is 9.92. The van der Waals surface area contributed by atoms with Gasteiger partial charge in [0.1, 0.15) is 30.0 Å². The summed E-state index contributed by atoms with van der Waals surface area (Å²) in [5, 5.41) is 4.29. The van der Waals surface area contributed by atoms with Crippen LogP contribution in [0.3, 0.4) is 0 Å². The molecule has 3 heterocycles. The molecule has 8 heteroatoms. The van der Waals surface area contributed by atoms with E-state index in [1.165, 1.54) is 0 Å². The number of hydrogen-bond acceptors (Lipinski definition) is 6. The Kier molecular flexibility index (Phi) is 5.76. The lowest BCUT2D eigenvalue weighted by Gasteiger charge is -2.32. The van der Waals surface area contributed by atoms with E-state index in [1.54, 1.807) is 11.8 Å². The van der Waals surface area contributed by atoms with E-state index in [4.69, 9.17) is 14.5 Å². The van der Waals surface area contributed by atoms with Crippen LogP contribution in [0.2, 0.25) is 0 Å². The number of aromatic nitrogens is 4. The summed E-state index contributed by atoms with van der Waals surface area (Å²) in [4.78, 5) is 23.7. The van der Waals surface area contributed by atoms with Gasteiger partial charge < -0.3 is 14.4 Å². The van der Waals surface area contributed by atoms with E-state index < -0.39 is 0 Å². The molecule has 1 atom stereocenters. The van der Waals surface area contributed by atoms with Gasteiger partial charge in [0.15, 0.2) is 0 Å².